The van der Waals surface area contributed by atoms with Crippen LogP contribution in [0.5, 0.6) is 5.75 Å². The van der Waals surface area contributed by atoms with E-state index >= 15 is 0 Å². The first kappa shape index (κ1) is 15.0. The van der Waals surface area contributed by atoms with Crippen molar-refractivity contribution in [2.24, 2.45) is 0 Å². The largest absolute Gasteiger partial charge is 0.497 e. The minimum atomic E-state index is -0.531. The molecule has 1 unspecified atom stereocenters. The molecule has 3 rings (SSSR count). The van der Waals surface area contributed by atoms with E-state index in [0.717, 1.165) is 11.1 Å². The summed E-state index contributed by atoms with van der Waals surface area (Å²) < 4.78 is 5.12. The van der Waals surface area contributed by atoms with Crippen LogP contribution in [0.15, 0.2) is 60.2 Å². The maximum atomic E-state index is 12.0. The number of ketones is 1. The molecule has 2 aromatic carbocycles. The average molecular weight is 307 g/mol. The normalized spacial score (nSPS) is 17.9. The Labute approximate surface area is 135 Å². The van der Waals surface area contributed by atoms with Gasteiger partial charge in [-0.2, -0.15) is 0 Å². The van der Waals surface area contributed by atoms with Crippen LogP contribution < -0.4 is 9.64 Å². The topological polar surface area (TPSA) is 46.6 Å². The van der Waals surface area contributed by atoms with E-state index in [1.807, 2.05) is 43.3 Å². The molecule has 1 saturated heterocycles. The Morgan fingerprint density at radius 1 is 1.04 bits per heavy atom. The van der Waals surface area contributed by atoms with E-state index in [9.17, 15) is 9.59 Å². The molecule has 0 saturated carbocycles. The molecule has 116 valence electrons. The summed E-state index contributed by atoms with van der Waals surface area (Å²) in [5, 5.41) is 0. The molecule has 1 heterocycles. The first-order valence-corrected chi connectivity index (χ1v) is 7.36. The Bertz CT molecular complexity index is 763. The van der Waals surface area contributed by atoms with Crippen molar-refractivity contribution < 1.29 is 14.3 Å². The molecular formula is C19H17NO3. The number of Topliss-reactive ketones (excluding diaryl/α,β-unsaturated/α-hetero) is 1. The monoisotopic (exact) mass is 307 g/mol. The first-order valence-electron chi connectivity index (χ1n) is 7.36. The van der Waals surface area contributed by atoms with Crippen molar-refractivity contribution in [1.29, 1.82) is 0 Å². The van der Waals surface area contributed by atoms with E-state index in [-0.39, 0.29) is 5.78 Å². The number of carbonyl (C=O) groups excluding carboxylic acids is 2. The molecule has 1 atom stereocenters. The molecule has 0 spiro atoms. The van der Waals surface area contributed by atoms with E-state index in [4.69, 9.17) is 4.74 Å². The highest BCUT2D eigenvalue weighted by molar-refractivity contribution is 6.52. The number of hydrogen-bond donors (Lipinski definition) is 0. The molecule has 1 fully saturated rings. The summed E-state index contributed by atoms with van der Waals surface area (Å²) in [7, 11) is 1.59. The second-order valence-corrected chi connectivity index (χ2v) is 5.44. The number of β-lactam (4-membered cyclic amide) rings is 1. The number of benzene rings is 2. The first-order chi connectivity index (χ1) is 11.1. The van der Waals surface area contributed by atoms with Gasteiger partial charge < -0.3 is 4.74 Å². The van der Waals surface area contributed by atoms with Crippen molar-refractivity contribution in [3.05, 3.63) is 65.7 Å². The van der Waals surface area contributed by atoms with Gasteiger partial charge in [0.05, 0.1) is 7.11 Å². The Morgan fingerprint density at radius 2 is 1.70 bits per heavy atom. The third-order valence-corrected chi connectivity index (χ3v) is 3.91. The number of hydrogen-bond acceptors (Lipinski definition) is 3. The van der Waals surface area contributed by atoms with Gasteiger partial charge in [0.25, 0.3) is 5.91 Å². The van der Waals surface area contributed by atoms with E-state index < -0.39 is 11.9 Å². The molecule has 0 radical (unpaired) electrons. The molecule has 2 aromatic rings. The van der Waals surface area contributed by atoms with Gasteiger partial charge >= 0.3 is 0 Å². The van der Waals surface area contributed by atoms with Crippen LogP contribution in [-0.4, -0.2) is 24.8 Å². The van der Waals surface area contributed by atoms with Crippen LogP contribution in [0, 0.1) is 0 Å². The van der Waals surface area contributed by atoms with E-state index in [0.29, 0.717) is 11.4 Å². The number of carbonyl (C=O) groups is 2. The fourth-order valence-electron chi connectivity index (χ4n) is 2.71. The zero-order valence-electron chi connectivity index (χ0n) is 13.0. The Balaban J connectivity index is 1.89. The van der Waals surface area contributed by atoms with Gasteiger partial charge in [-0.05, 0) is 42.3 Å². The highest BCUT2D eigenvalue weighted by Crippen LogP contribution is 2.31. The van der Waals surface area contributed by atoms with Gasteiger partial charge in [-0.25, -0.2) is 0 Å². The Morgan fingerprint density at radius 3 is 2.30 bits per heavy atom. The lowest BCUT2D eigenvalue weighted by atomic mass is 9.91. The SMILES string of the molecule is COc1ccc(N2C(=O)C(=O)C2/C(C)=C/c2ccccc2)cc1. The standard InChI is InChI=1S/C19H17NO3/c1-13(12-14-6-4-3-5-7-14)17-18(21)19(22)20(17)15-8-10-16(23-2)11-9-15/h3-12,17H,1-2H3/b13-12+. The van der Waals surface area contributed by atoms with Gasteiger partial charge in [0.2, 0.25) is 5.78 Å². The van der Waals surface area contributed by atoms with Crippen molar-refractivity contribution >= 4 is 23.5 Å². The molecule has 1 aliphatic heterocycles. The summed E-state index contributed by atoms with van der Waals surface area (Å²) >= 11 is 0. The van der Waals surface area contributed by atoms with Crippen molar-refractivity contribution in [1.82, 2.24) is 0 Å². The van der Waals surface area contributed by atoms with E-state index in [2.05, 4.69) is 0 Å². The van der Waals surface area contributed by atoms with Crippen molar-refractivity contribution in [3.8, 4) is 5.75 Å². The number of anilines is 1. The fourth-order valence-corrected chi connectivity index (χ4v) is 2.71. The number of nitrogens with zero attached hydrogens (tertiary/aromatic N) is 1. The molecule has 4 nitrogen and oxygen atoms in total. The highest BCUT2D eigenvalue weighted by Gasteiger charge is 2.47. The van der Waals surface area contributed by atoms with Crippen LogP contribution >= 0.6 is 0 Å². The zero-order valence-corrected chi connectivity index (χ0v) is 13.0. The van der Waals surface area contributed by atoms with Crippen LogP contribution in [0.2, 0.25) is 0 Å². The molecule has 0 N–H and O–H groups in total. The predicted molar refractivity (Wildman–Crippen MR) is 89.4 cm³/mol. The van der Waals surface area contributed by atoms with Crippen LogP contribution in [0.4, 0.5) is 5.69 Å². The lowest BCUT2D eigenvalue weighted by Gasteiger charge is -2.39. The molecule has 0 aromatic heterocycles. The zero-order chi connectivity index (χ0) is 16.4. The van der Waals surface area contributed by atoms with Crippen molar-refractivity contribution in [2.45, 2.75) is 13.0 Å². The van der Waals surface area contributed by atoms with E-state index in [1.165, 1.54) is 4.90 Å². The maximum absolute atomic E-state index is 12.0. The summed E-state index contributed by atoms with van der Waals surface area (Å²) in [5.41, 5.74) is 2.55. The van der Waals surface area contributed by atoms with Gasteiger partial charge in [0.15, 0.2) is 0 Å². The quantitative estimate of drug-likeness (QED) is 0.644. The minimum Gasteiger partial charge on any atom is -0.497 e. The third-order valence-electron chi connectivity index (χ3n) is 3.91. The fraction of sp³-hybridized carbons (Fsp3) is 0.158. The van der Waals surface area contributed by atoms with Crippen LogP contribution in [0.3, 0.4) is 0 Å². The minimum absolute atomic E-state index is 0.370. The van der Waals surface area contributed by atoms with Crippen LogP contribution in [0.25, 0.3) is 6.08 Å². The van der Waals surface area contributed by atoms with Crippen LogP contribution in [-0.2, 0) is 9.59 Å². The number of methoxy groups -OCH3 is 1. The molecule has 23 heavy (non-hydrogen) atoms. The molecule has 4 heteroatoms. The van der Waals surface area contributed by atoms with Gasteiger partial charge in [0, 0.05) is 5.69 Å². The molecule has 0 bridgehead atoms. The summed E-state index contributed by atoms with van der Waals surface area (Å²) in [6.07, 6.45) is 1.94. The second-order valence-electron chi connectivity index (χ2n) is 5.44. The summed E-state index contributed by atoms with van der Waals surface area (Å²) in [6.45, 7) is 1.87. The van der Waals surface area contributed by atoms with Gasteiger partial charge in [-0.15, -0.1) is 0 Å². The Hall–Kier alpha value is -2.88. The lowest BCUT2D eigenvalue weighted by molar-refractivity contribution is -0.142. The van der Waals surface area contributed by atoms with Crippen molar-refractivity contribution in [2.75, 3.05) is 12.0 Å². The van der Waals surface area contributed by atoms with Crippen LogP contribution in [0.1, 0.15) is 12.5 Å². The highest BCUT2D eigenvalue weighted by atomic mass is 16.5. The van der Waals surface area contributed by atoms with Gasteiger partial charge in [-0.1, -0.05) is 36.4 Å². The number of rotatable bonds is 4. The Kier molecular flexibility index (Phi) is 3.98. The number of ether oxygens (including phenoxy) is 1. The smallest absolute Gasteiger partial charge is 0.297 e. The summed E-state index contributed by atoms with van der Waals surface area (Å²) in [5.74, 6) is -0.132. The summed E-state index contributed by atoms with van der Waals surface area (Å²) in [4.78, 5) is 25.6. The molecule has 1 aliphatic rings. The third kappa shape index (κ3) is 2.75. The second kappa shape index (κ2) is 6.08. The van der Waals surface area contributed by atoms with E-state index in [1.54, 1.807) is 31.4 Å². The average Bonchev–Trinajstić information content (AvgIpc) is 2.59. The van der Waals surface area contributed by atoms with Gasteiger partial charge in [0.1, 0.15) is 11.8 Å². The number of amides is 1. The molecule has 1 amide bonds. The molecule has 0 aliphatic carbocycles. The van der Waals surface area contributed by atoms with Crippen molar-refractivity contribution in [3.63, 3.8) is 0 Å². The lowest BCUT2D eigenvalue weighted by Crippen LogP contribution is -2.62. The predicted octanol–water partition coefficient (Wildman–Crippen LogP) is 3.08. The molecular weight excluding hydrogens is 290 g/mol. The maximum Gasteiger partial charge on any atom is 0.297 e. The summed E-state index contributed by atoms with van der Waals surface area (Å²) in [6, 6.07) is 16.3. The van der Waals surface area contributed by atoms with Gasteiger partial charge in [-0.3, -0.25) is 14.5 Å².